The fraction of sp³-hybridized carbons (Fsp3) is 0.500. The summed E-state index contributed by atoms with van der Waals surface area (Å²) in [5.74, 6) is 0.936. The molecule has 0 aliphatic carbocycles. The Balaban J connectivity index is 2.23. The number of rotatable bonds is 4. The van der Waals surface area contributed by atoms with Crippen LogP contribution in [0.1, 0.15) is 35.3 Å². The maximum absolute atomic E-state index is 11.4. The average Bonchev–Trinajstić information content (AvgIpc) is 3.08. The fourth-order valence-corrected chi connectivity index (χ4v) is 1.91. The van der Waals surface area contributed by atoms with Crippen molar-refractivity contribution in [3.05, 3.63) is 28.8 Å². The van der Waals surface area contributed by atoms with Crippen molar-refractivity contribution < 1.29 is 14.3 Å². The maximum atomic E-state index is 11.4. The summed E-state index contributed by atoms with van der Waals surface area (Å²) in [6, 6.07) is 3.71. The maximum Gasteiger partial charge on any atom is 0.160 e. The van der Waals surface area contributed by atoms with Crippen molar-refractivity contribution in [2.75, 3.05) is 6.61 Å². The number of epoxide rings is 1. The van der Waals surface area contributed by atoms with Crippen molar-refractivity contribution in [1.29, 1.82) is 0 Å². The molecule has 0 radical (unpaired) electrons. The largest absolute Gasteiger partial charge is 0.488 e. The van der Waals surface area contributed by atoms with Crippen molar-refractivity contribution in [2.45, 2.75) is 39.9 Å². The molecule has 2 unspecified atom stereocenters. The molecule has 1 aromatic rings. The zero-order valence-corrected chi connectivity index (χ0v) is 10.7. The number of ketones is 1. The lowest BCUT2D eigenvalue weighted by molar-refractivity contribution is 0.101. The first-order valence-electron chi connectivity index (χ1n) is 5.90. The Hall–Kier alpha value is -1.35. The van der Waals surface area contributed by atoms with Crippen LogP contribution in [0.4, 0.5) is 0 Å². The van der Waals surface area contributed by atoms with Gasteiger partial charge in [0.15, 0.2) is 5.78 Å². The molecule has 1 aliphatic rings. The van der Waals surface area contributed by atoms with Crippen LogP contribution in [0.25, 0.3) is 0 Å². The third kappa shape index (κ3) is 2.50. The van der Waals surface area contributed by atoms with E-state index in [1.807, 2.05) is 32.9 Å². The van der Waals surface area contributed by atoms with Gasteiger partial charge in [-0.15, -0.1) is 0 Å². The van der Waals surface area contributed by atoms with Crippen LogP contribution in [-0.2, 0) is 4.74 Å². The minimum atomic E-state index is 0.0660. The first-order chi connectivity index (χ1) is 8.00. The molecule has 2 rings (SSSR count). The van der Waals surface area contributed by atoms with Crippen molar-refractivity contribution >= 4 is 5.78 Å². The number of benzene rings is 1. The summed E-state index contributed by atoms with van der Waals surface area (Å²) in [7, 11) is 0. The number of hydrogen-bond donors (Lipinski definition) is 0. The third-order valence-electron chi connectivity index (χ3n) is 3.31. The Morgan fingerprint density at radius 1 is 1.41 bits per heavy atom. The van der Waals surface area contributed by atoms with E-state index in [1.165, 1.54) is 0 Å². The molecule has 1 fully saturated rings. The summed E-state index contributed by atoms with van der Waals surface area (Å²) < 4.78 is 11.0. The molecular formula is C14H18O3. The van der Waals surface area contributed by atoms with Gasteiger partial charge in [0.05, 0.1) is 6.61 Å². The van der Waals surface area contributed by atoms with Crippen molar-refractivity contribution in [1.82, 2.24) is 0 Å². The average molecular weight is 234 g/mol. The van der Waals surface area contributed by atoms with E-state index in [0.29, 0.717) is 0 Å². The lowest BCUT2D eigenvalue weighted by Gasteiger charge is -2.17. The van der Waals surface area contributed by atoms with Crippen molar-refractivity contribution in [3.63, 3.8) is 0 Å². The van der Waals surface area contributed by atoms with Crippen LogP contribution in [0.3, 0.4) is 0 Å². The van der Waals surface area contributed by atoms with Crippen LogP contribution < -0.4 is 4.74 Å². The molecule has 3 nitrogen and oxygen atoms in total. The molecule has 0 saturated carbocycles. The first-order valence-corrected chi connectivity index (χ1v) is 5.90. The van der Waals surface area contributed by atoms with Crippen LogP contribution >= 0.6 is 0 Å². The predicted molar refractivity (Wildman–Crippen MR) is 65.8 cm³/mol. The highest BCUT2D eigenvalue weighted by atomic mass is 16.6. The summed E-state index contributed by atoms with van der Waals surface area (Å²) in [6.07, 6.45) is 0.290. The van der Waals surface area contributed by atoms with Gasteiger partial charge in [-0.05, 0) is 51.0 Å². The molecule has 2 atom stereocenters. The summed E-state index contributed by atoms with van der Waals surface area (Å²) in [5, 5.41) is 0. The molecule has 0 N–H and O–H groups in total. The number of Topliss-reactive ketones (excluding diaryl/α,β-unsaturated/α-hetero) is 1. The van der Waals surface area contributed by atoms with Gasteiger partial charge in [0.2, 0.25) is 0 Å². The summed E-state index contributed by atoms with van der Waals surface area (Å²) >= 11 is 0. The summed E-state index contributed by atoms with van der Waals surface area (Å²) in [4.78, 5) is 11.4. The molecule has 17 heavy (non-hydrogen) atoms. The minimum absolute atomic E-state index is 0.0660. The van der Waals surface area contributed by atoms with E-state index < -0.39 is 0 Å². The summed E-state index contributed by atoms with van der Waals surface area (Å²) in [6.45, 7) is 8.31. The van der Waals surface area contributed by atoms with Gasteiger partial charge in [0.1, 0.15) is 18.0 Å². The molecule has 0 aromatic heterocycles. The van der Waals surface area contributed by atoms with E-state index in [2.05, 4.69) is 0 Å². The Kier molecular flexibility index (Phi) is 3.20. The molecule has 0 bridgehead atoms. The Morgan fingerprint density at radius 3 is 2.59 bits per heavy atom. The SMILES string of the molecule is CC(=O)c1ccc(OC(C)C2CO2)c(C)c1C. The number of carbonyl (C=O) groups is 1. The quantitative estimate of drug-likeness (QED) is 0.594. The molecular weight excluding hydrogens is 216 g/mol. The molecule has 0 spiro atoms. The molecule has 1 aliphatic heterocycles. The predicted octanol–water partition coefficient (Wildman–Crippen LogP) is 2.67. The molecule has 1 aromatic carbocycles. The topological polar surface area (TPSA) is 38.8 Å². The number of carbonyl (C=O) groups excluding carboxylic acids is 1. The highest BCUT2D eigenvalue weighted by Crippen LogP contribution is 2.27. The van der Waals surface area contributed by atoms with E-state index in [-0.39, 0.29) is 18.0 Å². The second kappa shape index (κ2) is 4.49. The van der Waals surface area contributed by atoms with Gasteiger partial charge in [-0.3, -0.25) is 4.79 Å². The van der Waals surface area contributed by atoms with E-state index in [1.54, 1.807) is 6.92 Å². The molecule has 92 valence electrons. The first kappa shape index (κ1) is 12.1. The molecule has 1 saturated heterocycles. The van der Waals surface area contributed by atoms with Gasteiger partial charge in [-0.2, -0.15) is 0 Å². The highest BCUT2D eigenvalue weighted by Gasteiger charge is 2.31. The van der Waals surface area contributed by atoms with Gasteiger partial charge in [0.25, 0.3) is 0 Å². The zero-order valence-electron chi connectivity index (χ0n) is 10.7. The zero-order chi connectivity index (χ0) is 12.6. The smallest absolute Gasteiger partial charge is 0.160 e. The van der Waals surface area contributed by atoms with Crippen LogP contribution in [0.5, 0.6) is 5.75 Å². The fourth-order valence-electron chi connectivity index (χ4n) is 1.91. The van der Waals surface area contributed by atoms with Crippen LogP contribution in [-0.4, -0.2) is 24.6 Å². The van der Waals surface area contributed by atoms with Gasteiger partial charge in [-0.25, -0.2) is 0 Å². The van der Waals surface area contributed by atoms with Crippen LogP contribution in [0.2, 0.25) is 0 Å². The van der Waals surface area contributed by atoms with Gasteiger partial charge < -0.3 is 9.47 Å². The monoisotopic (exact) mass is 234 g/mol. The van der Waals surface area contributed by atoms with Gasteiger partial charge >= 0.3 is 0 Å². The Bertz CT molecular complexity index is 447. The van der Waals surface area contributed by atoms with Crippen molar-refractivity contribution in [2.24, 2.45) is 0 Å². The van der Waals surface area contributed by atoms with Gasteiger partial charge in [-0.1, -0.05) is 0 Å². The van der Waals surface area contributed by atoms with Gasteiger partial charge in [0, 0.05) is 5.56 Å². The van der Waals surface area contributed by atoms with E-state index in [0.717, 1.165) is 29.0 Å². The highest BCUT2D eigenvalue weighted by molar-refractivity contribution is 5.96. The Labute approximate surface area is 102 Å². The standard InChI is InChI=1S/C14H18O3/c1-8-9(2)13(6-5-12(8)10(3)15)17-11(4)14-7-16-14/h5-6,11,14H,7H2,1-4H3. The third-order valence-corrected chi connectivity index (χ3v) is 3.31. The lowest BCUT2D eigenvalue weighted by atomic mass is 10.00. The van der Waals surface area contributed by atoms with E-state index in [9.17, 15) is 4.79 Å². The van der Waals surface area contributed by atoms with Crippen LogP contribution in [0.15, 0.2) is 12.1 Å². The minimum Gasteiger partial charge on any atom is -0.488 e. The lowest BCUT2D eigenvalue weighted by Crippen LogP contribution is -2.19. The summed E-state index contributed by atoms with van der Waals surface area (Å²) in [5.41, 5.74) is 2.80. The van der Waals surface area contributed by atoms with E-state index >= 15 is 0 Å². The number of ether oxygens (including phenoxy) is 2. The molecule has 0 amide bonds. The molecule has 1 heterocycles. The second-order valence-corrected chi connectivity index (χ2v) is 4.61. The van der Waals surface area contributed by atoms with E-state index in [4.69, 9.17) is 9.47 Å². The van der Waals surface area contributed by atoms with Crippen LogP contribution in [0, 0.1) is 13.8 Å². The normalized spacial score (nSPS) is 19.9. The van der Waals surface area contributed by atoms with Crippen molar-refractivity contribution in [3.8, 4) is 5.75 Å². The second-order valence-electron chi connectivity index (χ2n) is 4.61. The Morgan fingerprint density at radius 2 is 2.06 bits per heavy atom. The number of hydrogen-bond acceptors (Lipinski definition) is 3. The molecule has 3 heteroatoms.